The molecular formula is C11H24N2O2. The van der Waals surface area contributed by atoms with Gasteiger partial charge in [0.15, 0.2) is 0 Å². The van der Waals surface area contributed by atoms with Crippen LogP contribution in [0.3, 0.4) is 0 Å². The third-order valence-electron chi connectivity index (χ3n) is 2.88. The molecule has 1 aliphatic rings. The van der Waals surface area contributed by atoms with Gasteiger partial charge in [0.1, 0.15) is 0 Å². The molecule has 1 saturated heterocycles. The van der Waals surface area contributed by atoms with Crippen molar-refractivity contribution in [1.29, 1.82) is 0 Å². The topological polar surface area (TPSA) is 44.7 Å². The largest absolute Gasteiger partial charge is 0.395 e. The van der Waals surface area contributed by atoms with Crippen LogP contribution in [0.1, 0.15) is 19.3 Å². The summed E-state index contributed by atoms with van der Waals surface area (Å²) in [5.74, 6) is 0. The molecule has 0 aromatic heterocycles. The molecule has 1 rings (SSSR count). The fourth-order valence-corrected chi connectivity index (χ4v) is 2.09. The second-order valence-electron chi connectivity index (χ2n) is 4.16. The molecular weight excluding hydrogens is 192 g/mol. The number of hydrogen-bond acceptors (Lipinski definition) is 4. The number of nitrogens with one attached hydrogen (secondary N) is 1. The molecule has 4 heteroatoms. The van der Waals surface area contributed by atoms with E-state index >= 15 is 0 Å². The van der Waals surface area contributed by atoms with Gasteiger partial charge in [-0.15, -0.1) is 0 Å². The van der Waals surface area contributed by atoms with Crippen LogP contribution in [0.2, 0.25) is 0 Å². The highest BCUT2D eigenvalue weighted by atomic mass is 16.5. The number of aliphatic hydroxyl groups is 1. The predicted molar refractivity (Wildman–Crippen MR) is 61.0 cm³/mol. The molecule has 90 valence electrons. The zero-order valence-corrected chi connectivity index (χ0v) is 9.74. The van der Waals surface area contributed by atoms with Crippen molar-refractivity contribution in [2.75, 3.05) is 46.5 Å². The zero-order chi connectivity index (χ0) is 10.9. The van der Waals surface area contributed by atoms with E-state index < -0.39 is 0 Å². The van der Waals surface area contributed by atoms with Crippen LogP contribution in [0.25, 0.3) is 0 Å². The van der Waals surface area contributed by atoms with Gasteiger partial charge in [0.05, 0.1) is 6.61 Å². The highest BCUT2D eigenvalue weighted by Gasteiger charge is 2.17. The van der Waals surface area contributed by atoms with Crippen molar-refractivity contribution < 1.29 is 9.84 Å². The van der Waals surface area contributed by atoms with E-state index in [2.05, 4.69) is 10.2 Å². The lowest BCUT2D eigenvalue weighted by Gasteiger charge is -2.24. The summed E-state index contributed by atoms with van der Waals surface area (Å²) in [6.45, 7) is 5.06. The molecule has 1 fully saturated rings. The van der Waals surface area contributed by atoms with E-state index in [4.69, 9.17) is 9.84 Å². The molecule has 15 heavy (non-hydrogen) atoms. The summed E-state index contributed by atoms with van der Waals surface area (Å²) in [7, 11) is 1.73. The van der Waals surface area contributed by atoms with Crippen molar-refractivity contribution >= 4 is 0 Å². The number of methoxy groups -OCH3 is 1. The summed E-state index contributed by atoms with van der Waals surface area (Å²) in [5.41, 5.74) is 0. The Morgan fingerprint density at radius 3 is 2.93 bits per heavy atom. The maximum Gasteiger partial charge on any atom is 0.0558 e. The fourth-order valence-electron chi connectivity index (χ4n) is 2.09. The van der Waals surface area contributed by atoms with E-state index in [1.54, 1.807) is 7.11 Å². The fraction of sp³-hybridized carbons (Fsp3) is 1.00. The Kier molecular flexibility index (Phi) is 6.92. The van der Waals surface area contributed by atoms with E-state index in [1.165, 1.54) is 12.8 Å². The van der Waals surface area contributed by atoms with Crippen molar-refractivity contribution in [3.05, 3.63) is 0 Å². The van der Waals surface area contributed by atoms with Crippen LogP contribution in [0.15, 0.2) is 0 Å². The quantitative estimate of drug-likeness (QED) is 0.564. The van der Waals surface area contributed by atoms with Crippen LogP contribution < -0.4 is 5.32 Å². The second kappa shape index (κ2) is 8.05. The third-order valence-corrected chi connectivity index (χ3v) is 2.88. The van der Waals surface area contributed by atoms with Gasteiger partial charge in [0.25, 0.3) is 0 Å². The third kappa shape index (κ3) is 5.47. The predicted octanol–water partition coefficient (Wildman–Crippen LogP) is 0.0692. The minimum Gasteiger partial charge on any atom is -0.395 e. The number of ether oxygens (including phenoxy) is 1. The van der Waals surface area contributed by atoms with Gasteiger partial charge in [-0.1, -0.05) is 0 Å². The van der Waals surface area contributed by atoms with Gasteiger partial charge >= 0.3 is 0 Å². The minimum atomic E-state index is 0.250. The normalized spacial score (nSPS) is 21.4. The average molecular weight is 216 g/mol. The molecule has 0 saturated carbocycles. The van der Waals surface area contributed by atoms with Gasteiger partial charge < -0.3 is 15.2 Å². The van der Waals surface area contributed by atoms with Crippen LogP contribution in [0, 0.1) is 0 Å². The molecule has 0 spiro atoms. The molecule has 2 N–H and O–H groups in total. The Morgan fingerprint density at radius 2 is 2.33 bits per heavy atom. The molecule has 1 heterocycles. The molecule has 0 aliphatic carbocycles. The highest BCUT2D eigenvalue weighted by molar-refractivity contribution is 4.77. The SMILES string of the molecule is COCCCN(CCO)CC1CCCN1. The van der Waals surface area contributed by atoms with Crippen molar-refractivity contribution in [3.8, 4) is 0 Å². The van der Waals surface area contributed by atoms with E-state index in [1.807, 2.05) is 0 Å². The number of nitrogens with zero attached hydrogens (tertiary/aromatic N) is 1. The van der Waals surface area contributed by atoms with Crippen LogP contribution in [0.5, 0.6) is 0 Å². The van der Waals surface area contributed by atoms with Crippen molar-refractivity contribution in [2.45, 2.75) is 25.3 Å². The van der Waals surface area contributed by atoms with E-state index in [0.717, 1.165) is 39.2 Å². The Hall–Kier alpha value is -0.160. The smallest absolute Gasteiger partial charge is 0.0558 e. The summed E-state index contributed by atoms with van der Waals surface area (Å²) in [5, 5.41) is 12.5. The first-order valence-electron chi connectivity index (χ1n) is 5.92. The van der Waals surface area contributed by atoms with Gasteiger partial charge in [0.2, 0.25) is 0 Å². The number of hydrogen-bond donors (Lipinski definition) is 2. The second-order valence-corrected chi connectivity index (χ2v) is 4.16. The van der Waals surface area contributed by atoms with Crippen molar-refractivity contribution in [1.82, 2.24) is 10.2 Å². The summed E-state index contributed by atoms with van der Waals surface area (Å²) >= 11 is 0. The van der Waals surface area contributed by atoms with Gasteiger partial charge in [-0.2, -0.15) is 0 Å². The first-order valence-corrected chi connectivity index (χ1v) is 5.92. The number of aliphatic hydroxyl groups excluding tert-OH is 1. The van der Waals surface area contributed by atoms with Crippen LogP contribution in [-0.2, 0) is 4.74 Å². The first-order chi connectivity index (χ1) is 7.36. The lowest BCUT2D eigenvalue weighted by molar-refractivity contribution is 0.150. The van der Waals surface area contributed by atoms with Crippen LogP contribution in [0.4, 0.5) is 0 Å². The molecule has 0 aromatic rings. The van der Waals surface area contributed by atoms with Gasteiger partial charge in [-0.25, -0.2) is 0 Å². The van der Waals surface area contributed by atoms with Gasteiger partial charge in [-0.05, 0) is 25.8 Å². The van der Waals surface area contributed by atoms with E-state index in [0.29, 0.717) is 6.04 Å². The first kappa shape index (κ1) is 12.9. The summed E-state index contributed by atoms with van der Waals surface area (Å²) in [6, 6.07) is 0.624. The zero-order valence-electron chi connectivity index (χ0n) is 9.74. The Morgan fingerprint density at radius 1 is 1.47 bits per heavy atom. The maximum absolute atomic E-state index is 8.97. The summed E-state index contributed by atoms with van der Waals surface area (Å²) in [6.07, 6.45) is 3.60. The molecule has 0 amide bonds. The standard InChI is InChI=1S/C11H24N2O2/c1-15-9-3-6-13(7-8-14)10-11-4-2-5-12-11/h11-12,14H,2-10H2,1H3. The lowest BCUT2D eigenvalue weighted by atomic mass is 10.2. The van der Waals surface area contributed by atoms with E-state index in [-0.39, 0.29) is 6.61 Å². The Balaban J connectivity index is 2.16. The number of rotatable bonds is 8. The molecule has 1 aliphatic heterocycles. The van der Waals surface area contributed by atoms with Gasteiger partial charge in [0, 0.05) is 39.4 Å². The Labute approximate surface area is 92.6 Å². The monoisotopic (exact) mass is 216 g/mol. The van der Waals surface area contributed by atoms with Crippen LogP contribution in [-0.4, -0.2) is 62.6 Å². The maximum atomic E-state index is 8.97. The summed E-state index contributed by atoms with van der Waals surface area (Å²) in [4.78, 5) is 2.32. The molecule has 4 nitrogen and oxygen atoms in total. The molecule has 1 unspecified atom stereocenters. The Bertz CT molecular complexity index is 150. The lowest BCUT2D eigenvalue weighted by Crippen LogP contribution is -2.39. The molecule has 0 aromatic carbocycles. The average Bonchev–Trinajstić information content (AvgIpc) is 2.71. The molecule has 1 atom stereocenters. The van der Waals surface area contributed by atoms with Crippen molar-refractivity contribution in [3.63, 3.8) is 0 Å². The minimum absolute atomic E-state index is 0.250. The summed E-state index contributed by atoms with van der Waals surface area (Å²) < 4.78 is 5.04. The van der Waals surface area contributed by atoms with Gasteiger partial charge in [-0.3, -0.25) is 4.90 Å². The van der Waals surface area contributed by atoms with E-state index in [9.17, 15) is 0 Å². The highest BCUT2D eigenvalue weighted by Crippen LogP contribution is 2.07. The van der Waals surface area contributed by atoms with Crippen molar-refractivity contribution in [2.24, 2.45) is 0 Å². The molecule has 0 bridgehead atoms. The van der Waals surface area contributed by atoms with Crippen LogP contribution >= 0.6 is 0 Å². The molecule has 0 radical (unpaired) electrons.